The number of nitrogens with one attached hydrogen (secondary N) is 1. The van der Waals surface area contributed by atoms with Gasteiger partial charge in [-0.1, -0.05) is 24.3 Å². The van der Waals surface area contributed by atoms with E-state index >= 15 is 0 Å². The van der Waals surface area contributed by atoms with Crippen LogP contribution in [0.3, 0.4) is 0 Å². The molecular formula is C20H24F3N2OS+. The predicted octanol–water partition coefficient (Wildman–Crippen LogP) is 2.56. The molecule has 1 atom stereocenters. The Morgan fingerprint density at radius 2 is 1.74 bits per heavy atom. The van der Waals surface area contributed by atoms with E-state index in [9.17, 15) is 18.3 Å². The average Bonchev–Trinajstić information content (AvgIpc) is 2.67. The number of hydrogen-bond donors (Lipinski definition) is 2. The van der Waals surface area contributed by atoms with Crippen LogP contribution in [-0.2, 0) is 6.18 Å². The third-order valence-electron chi connectivity index (χ3n) is 4.72. The summed E-state index contributed by atoms with van der Waals surface area (Å²) < 4.78 is 38.3. The predicted molar refractivity (Wildman–Crippen MR) is 102 cm³/mol. The van der Waals surface area contributed by atoms with Gasteiger partial charge in [0.25, 0.3) is 0 Å². The molecule has 0 unspecified atom stereocenters. The molecule has 0 aliphatic carbocycles. The Balaban J connectivity index is 1.43. The maximum Gasteiger partial charge on any atom is 0.416 e. The van der Waals surface area contributed by atoms with Gasteiger partial charge in [-0.25, -0.2) is 0 Å². The Bertz CT molecular complexity index is 719. The standard InChI is InChI=1S/C20H23F3N2OS/c21-20(22,23)16-5-4-8-19(13-16)27-15-18(26)14-24-9-11-25(12-10-24)17-6-2-1-3-7-17/h1-8,13,18,26H,9-12,14-15H2/p+1/t18-/m0/s1. The molecule has 146 valence electrons. The lowest BCUT2D eigenvalue weighted by Gasteiger charge is -2.34. The Morgan fingerprint density at radius 1 is 1.04 bits per heavy atom. The van der Waals surface area contributed by atoms with Gasteiger partial charge in [0, 0.05) is 16.3 Å². The summed E-state index contributed by atoms with van der Waals surface area (Å²) in [6.07, 6.45) is -4.87. The van der Waals surface area contributed by atoms with Crippen molar-refractivity contribution in [3.05, 3.63) is 60.2 Å². The molecule has 0 saturated carbocycles. The van der Waals surface area contributed by atoms with E-state index < -0.39 is 17.8 Å². The molecule has 7 heteroatoms. The molecule has 2 aromatic carbocycles. The highest BCUT2D eigenvalue weighted by Gasteiger charge is 2.30. The van der Waals surface area contributed by atoms with Crippen molar-refractivity contribution in [3.63, 3.8) is 0 Å². The molecule has 0 spiro atoms. The summed E-state index contributed by atoms with van der Waals surface area (Å²) >= 11 is 1.27. The van der Waals surface area contributed by atoms with Gasteiger partial charge in [0.15, 0.2) is 0 Å². The van der Waals surface area contributed by atoms with Gasteiger partial charge < -0.3 is 14.9 Å². The normalized spacial score (nSPS) is 17.1. The minimum Gasteiger partial charge on any atom is -0.386 e. The molecule has 2 aromatic rings. The highest BCUT2D eigenvalue weighted by Crippen LogP contribution is 2.31. The molecule has 3 rings (SSSR count). The zero-order valence-electron chi connectivity index (χ0n) is 15.0. The molecule has 0 radical (unpaired) electrons. The second-order valence-electron chi connectivity index (χ2n) is 6.77. The van der Waals surface area contributed by atoms with Crippen molar-refractivity contribution < 1.29 is 23.2 Å². The molecule has 1 saturated heterocycles. The third kappa shape index (κ3) is 5.89. The first kappa shape index (κ1) is 20.0. The lowest BCUT2D eigenvalue weighted by molar-refractivity contribution is -0.903. The van der Waals surface area contributed by atoms with E-state index in [-0.39, 0.29) is 0 Å². The van der Waals surface area contributed by atoms with Gasteiger partial charge in [-0.15, -0.1) is 11.8 Å². The maximum atomic E-state index is 12.8. The fraction of sp³-hybridized carbons (Fsp3) is 0.400. The largest absolute Gasteiger partial charge is 0.416 e. The number of benzene rings is 2. The summed E-state index contributed by atoms with van der Waals surface area (Å²) in [7, 11) is 0. The number of hydrogen-bond acceptors (Lipinski definition) is 3. The van der Waals surface area contributed by atoms with Crippen LogP contribution in [0.1, 0.15) is 5.56 Å². The smallest absolute Gasteiger partial charge is 0.386 e. The Hall–Kier alpha value is -1.70. The highest BCUT2D eigenvalue weighted by molar-refractivity contribution is 7.99. The first-order chi connectivity index (χ1) is 12.9. The summed E-state index contributed by atoms with van der Waals surface area (Å²) in [4.78, 5) is 4.21. The van der Waals surface area contributed by atoms with Gasteiger partial charge in [-0.05, 0) is 30.3 Å². The van der Waals surface area contributed by atoms with Crippen LogP contribution in [0.4, 0.5) is 18.9 Å². The van der Waals surface area contributed by atoms with Crippen molar-refractivity contribution in [2.45, 2.75) is 17.2 Å². The van der Waals surface area contributed by atoms with E-state index in [1.54, 1.807) is 6.07 Å². The molecule has 27 heavy (non-hydrogen) atoms. The van der Waals surface area contributed by atoms with Crippen molar-refractivity contribution in [2.24, 2.45) is 0 Å². The fourth-order valence-corrected chi connectivity index (χ4v) is 4.16. The van der Waals surface area contributed by atoms with Crippen LogP contribution in [0, 0.1) is 0 Å². The van der Waals surface area contributed by atoms with E-state index in [2.05, 4.69) is 17.0 Å². The van der Waals surface area contributed by atoms with Crippen molar-refractivity contribution in [2.75, 3.05) is 43.4 Å². The minimum absolute atomic E-state index is 0.396. The number of quaternary nitrogens is 1. The zero-order valence-corrected chi connectivity index (χ0v) is 15.8. The van der Waals surface area contributed by atoms with E-state index in [1.165, 1.54) is 28.4 Å². The number of nitrogens with zero attached hydrogens (tertiary/aromatic N) is 1. The van der Waals surface area contributed by atoms with Gasteiger partial charge in [-0.3, -0.25) is 0 Å². The second-order valence-corrected chi connectivity index (χ2v) is 7.86. The summed E-state index contributed by atoms with van der Waals surface area (Å²) in [6.45, 7) is 4.38. The highest BCUT2D eigenvalue weighted by atomic mass is 32.2. The quantitative estimate of drug-likeness (QED) is 0.734. The first-order valence-electron chi connectivity index (χ1n) is 9.03. The van der Waals surface area contributed by atoms with Gasteiger partial charge in [0.2, 0.25) is 0 Å². The molecule has 0 amide bonds. The van der Waals surface area contributed by atoms with Crippen LogP contribution in [0.25, 0.3) is 0 Å². The van der Waals surface area contributed by atoms with E-state index in [0.29, 0.717) is 17.2 Å². The SMILES string of the molecule is O[C@H](CSc1cccc(C(F)(F)F)c1)C[NH+]1CCN(c2ccccc2)CC1. The number of aliphatic hydroxyl groups is 1. The molecule has 0 aromatic heterocycles. The van der Waals surface area contributed by atoms with Gasteiger partial charge >= 0.3 is 6.18 Å². The molecular weight excluding hydrogens is 373 g/mol. The van der Waals surface area contributed by atoms with E-state index in [4.69, 9.17) is 0 Å². The number of aliphatic hydroxyl groups excluding tert-OH is 1. The molecule has 1 aliphatic heterocycles. The van der Waals surface area contributed by atoms with Gasteiger partial charge in [0.05, 0.1) is 31.7 Å². The van der Waals surface area contributed by atoms with E-state index in [1.807, 2.05) is 18.2 Å². The van der Waals surface area contributed by atoms with Crippen molar-refractivity contribution in [1.82, 2.24) is 0 Å². The minimum atomic E-state index is -4.34. The second kappa shape index (κ2) is 8.99. The van der Waals surface area contributed by atoms with E-state index in [0.717, 1.165) is 38.3 Å². The zero-order chi connectivity index (χ0) is 19.3. The number of halogens is 3. The summed E-state index contributed by atoms with van der Waals surface area (Å²) in [5, 5.41) is 10.3. The molecule has 3 nitrogen and oxygen atoms in total. The number of para-hydroxylation sites is 1. The van der Waals surface area contributed by atoms with Gasteiger partial charge in [-0.2, -0.15) is 13.2 Å². The Kier molecular flexibility index (Phi) is 6.68. The molecule has 1 fully saturated rings. The first-order valence-corrected chi connectivity index (χ1v) is 10.0. The molecule has 1 heterocycles. The van der Waals surface area contributed by atoms with Crippen LogP contribution in [0.15, 0.2) is 59.5 Å². The monoisotopic (exact) mass is 397 g/mol. The van der Waals surface area contributed by atoms with Crippen molar-refractivity contribution in [3.8, 4) is 0 Å². The number of rotatable bonds is 6. The van der Waals surface area contributed by atoms with Gasteiger partial charge in [0.1, 0.15) is 12.6 Å². The van der Waals surface area contributed by atoms with Crippen molar-refractivity contribution in [1.29, 1.82) is 0 Å². The summed E-state index contributed by atoms with van der Waals surface area (Å²) in [5.41, 5.74) is 0.571. The average molecular weight is 397 g/mol. The number of anilines is 1. The molecule has 0 bridgehead atoms. The Morgan fingerprint density at radius 3 is 2.41 bits per heavy atom. The van der Waals surface area contributed by atoms with Crippen LogP contribution >= 0.6 is 11.8 Å². The lowest BCUT2D eigenvalue weighted by atomic mass is 10.2. The molecule has 1 aliphatic rings. The number of piperazine rings is 1. The lowest BCUT2D eigenvalue weighted by Crippen LogP contribution is -3.15. The van der Waals surface area contributed by atoms with Crippen LogP contribution in [0.2, 0.25) is 0 Å². The van der Waals surface area contributed by atoms with Crippen LogP contribution in [-0.4, -0.2) is 49.7 Å². The molecule has 2 N–H and O–H groups in total. The van der Waals surface area contributed by atoms with Crippen LogP contribution < -0.4 is 9.80 Å². The number of alkyl halides is 3. The Labute approximate surface area is 161 Å². The third-order valence-corrected chi connectivity index (χ3v) is 5.86. The topological polar surface area (TPSA) is 27.9 Å². The maximum absolute atomic E-state index is 12.8. The fourth-order valence-electron chi connectivity index (χ4n) is 3.27. The van der Waals surface area contributed by atoms with Crippen molar-refractivity contribution >= 4 is 17.4 Å². The summed E-state index contributed by atoms with van der Waals surface area (Å²) in [6, 6.07) is 15.5. The number of thioether (sulfide) groups is 1. The summed E-state index contributed by atoms with van der Waals surface area (Å²) in [5.74, 6) is 0.396. The van der Waals surface area contributed by atoms with Crippen LogP contribution in [0.5, 0.6) is 0 Å².